The molecule has 0 radical (unpaired) electrons. The van der Waals surface area contributed by atoms with E-state index in [0.29, 0.717) is 37.9 Å². The van der Waals surface area contributed by atoms with E-state index >= 15 is 0 Å². The Balaban J connectivity index is 1.45. The lowest BCUT2D eigenvalue weighted by atomic mass is 9.70. The Hall–Kier alpha value is -2.68. The quantitative estimate of drug-likeness (QED) is 0.513. The molecule has 1 saturated carbocycles. The summed E-state index contributed by atoms with van der Waals surface area (Å²) in [7, 11) is -3.85. The summed E-state index contributed by atoms with van der Waals surface area (Å²) in [5.74, 6) is -0.414. The summed E-state index contributed by atoms with van der Waals surface area (Å²) < 4.78 is 28.9. The Morgan fingerprint density at radius 1 is 1.17 bits per heavy atom. The number of benzene rings is 2. The van der Waals surface area contributed by atoms with Crippen molar-refractivity contribution in [3.05, 3.63) is 71.8 Å². The van der Waals surface area contributed by atoms with Crippen molar-refractivity contribution in [2.24, 2.45) is 0 Å². The Labute approximate surface area is 211 Å². The van der Waals surface area contributed by atoms with Gasteiger partial charge in [-0.15, -0.1) is 0 Å². The van der Waals surface area contributed by atoms with Crippen molar-refractivity contribution < 1.29 is 18.0 Å². The highest BCUT2D eigenvalue weighted by molar-refractivity contribution is 7.89. The topological polar surface area (TPSA) is 95.6 Å². The zero-order chi connectivity index (χ0) is 25.1. The number of nitrogens with one attached hydrogen (secondary N) is 2. The van der Waals surface area contributed by atoms with Crippen LogP contribution in [0.25, 0.3) is 0 Å². The standard InChI is InChI=1S/C26H30ClN3O4S/c1-2-24(31)29-21-13-16-30(26(18-21)14-6-15-26)35(33,34)23-11-10-20(17-22(23)27)28-25(32)12-9-19-7-4-3-5-8-19/h2-5,7-8,10-11,17,21H,1,6,9,12-16,18H2,(H,28,32)(H,29,31). The maximum atomic E-state index is 13.6. The second kappa shape index (κ2) is 10.5. The van der Waals surface area contributed by atoms with Crippen LogP contribution in [0.2, 0.25) is 5.02 Å². The van der Waals surface area contributed by atoms with Crippen LogP contribution in [0.3, 0.4) is 0 Å². The second-order valence-corrected chi connectivity index (χ2v) is 11.5. The van der Waals surface area contributed by atoms with Crippen LogP contribution < -0.4 is 10.6 Å². The van der Waals surface area contributed by atoms with E-state index < -0.39 is 15.6 Å². The van der Waals surface area contributed by atoms with E-state index in [9.17, 15) is 18.0 Å². The molecular weight excluding hydrogens is 486 g/mol. The van der Waals surface area contributed by atoms with E-state index in [4.69, 9.17) is 11.6 Å². The van der Waals surface area contributed by atoms with Crippen LogP contribution in [-0.4, -0.2) is 42.7 Å². The third-order valence-corrected chi connectivity index (χ3v) is 9.41. The molecule has 186 valence electrons. The molecular formula is C26H30ClN3O4S. The summed E-state index contributed by atoms with van der Waals surface area (Å²) in [6, 6.07) is 14.2. The lowest BCUT2D eigenvalue weighted by molar-refractivity contribution is -0.118. The molecule has 2 aromatic carbocycles. The van der Waals surface area contributed by atoms with Gasteiger partial charge in [0, 0.05) is 30.2 Å². The highest BCUT2D eigenvalue weighted by Gasteiger charge is 2.52. The monoisotopic (exact) mass is 515 g/mol. The lowest BCUT2D eigenvalue weighted by Gasteiger charge is -2.54. The van der Waals surface area contributed by atoms with Gasteiger partial charge in [0.25, 0.3) is 0 Å². The summed E-state index contributed by atoms with van der Waals surface area (Å²) in [4.78, 5) is 24.2. The van der Waals surface area contributed by atoms with Crippen molar-refractivity contribution in [2.75, 3.05) is 11.9 Å². The minimum absolute atomic E-state index is 0.0290. The SMILES string of the molecule is C=CC(=O)NC1CCN(S(=O)(=O)c2ccc(NC(=O)CCc3ccccc3)cc2Cl)C2(CCC2)C1. The minimum atomic E-state index is -3.85. The van der Waals surface area contributed by atoms with Crippen molar-refractivity contribution in [2.45, 2.75) is 61.4 Å². The number of aryl methyl sites for hydroxylation is 1. The average Bonchev–Trinajstić information content (AvgIpc) is 2.82. The van der Waals surface area contributed by atoms with E-state index in [1.165, 1.54) is 18.2 Å². The number of piperidine rings is 1. The van der Waals surface area contributed by atoms with Crippen LogP contribution in [0, 0.1) is 0 Å². The number of halogens is 1. The van der Waals surface area contributed by atoms with Gasteiger partial charge >= 0.3 is 0 Å². The smallest absolute Gasteiger partial charge is 0.245 e. The molecule has 4 rings (SSSR count). The molecule has 2 amide bonds. The van der Waals surface area contributed by atoms with Gasteiger partial charge in [-0.1, -0.05) is 48.5 Å². The van der Waals surface area contributed by atoms with Gasteiger partial charge in [0.1, 0.15) is 4.90 Å². The zero-order valence-electron chi connectivity index (χ0n) is 19.5. The van der Waals surface area contributed by atoms with Crippen LogP contribution in [-0.2, 0) is 26.0 Å². The number of amides is 2. The van der Waals surface area contributed by atoms with Gasteiger partial charge in [-0.05, 0) is 68.4 Å². The molecule has 9 heteroatoms. The zero-order valence-corrected chi connectivity index (χ0v) is 21.1. The van der Waals surface area contributed by atoms with Gasteiger partial charge in [-0.2, -0.15) is 4.31 Å². The minimum Gasteiger partial charge on any atom is -0.350 e. The first-order valence-electron chi connectivity index (χ1n) is 11.8. The average molecular weight is 516 g/mol. The third-order valence-electron chi connectivity index (χ3n) is 6.92. The predicted octanol–water partition coefficient (Wildman–Crippen LogP) is 4.29. The van der Waals surface area contributed by atoms with E-state index in [0.717, 1.165) is 24.8 Å². The van der Waals surface area contributed by atoms with Gasteiger partial charge < -0.3 is 10.6 Å². The highest BCUT2D eigenvalue weighted by atomic mass is 35.5. The molecule has 0 bridgehead atoms. The summed E-state index contributed by atoms with van der Waals surface area (Å²) in [6.45, 7) is 3.79. The number of hydrogen-bond acceptors (Lipinski definition) is 4. The number of nitrogens with zero attached hydrogens (tertiary/aromatic N) is 1. The summed E-state index contributed by atoms with van der Waals surface area (Å²) >= 11 is 6.43. The van der Waals surface area contributed by atoms with Gasteiger partial charge in [0.2, 0.25) is 21.8 Å². The Kier molecular flexibility index (Phi) is 7.64. The molecule has 0 aromatic heterocycles. The number of anilines is 1. The van der Waals surface area contributed by atoms with Crippen molar-refractivity contribution in [3.63, 3.8) is 0 Å². The maximum absolute atomic E-state index is 13.6. The summed E-state index contributed by atoms with van der Waals surface area (Å²) in [6.07, 6.45) is 5.68. The Morgan fingerprint density at radius 2 is 1.91 bits per heavy atom. The van der Waals surface area contributed by atoms with Crippen LogP contribution in [0.5, 0.6) is 0 Å². The van der Waals surface area contributed by atoms with Gasteiger partial charge in [0.05, 0.1) is 5.02 Å². The van der Waals surface area contributed by atoms with Gasteiger partial charge in [0.15, 0.2) is 0 Å². The molecule has 1 heterocycles. The number of hydrogen-bond donors (Lipinski definition) is 2. The number of sulfonamides is 1. The normalized spacial score (nSPS) is 19.5. The van der Waals surface area contributed by atoms with Crippen molar-refractivity contribution >= 4 is 39.1 Å². The first-order valence-corrected chi connectivity index (χ1v) is 13.6. The molecule has 2 aliphatic rings. The maximum Gasteiger partial charge on any atom is 0.245 e. The fraction of sp³-hybridized carbons (Fsp3) is 0.385. The second-order valence-electron chi connectivity index (χ2n) is 9.24. The first kappa shape index (κ1) is 25.4. The number of carbonyl (C=O) groups excluding carboxylic acids is 2. The fourth-order valence-corrected chi connectivity index (χ4v) is 7.37. The Morgan fingerprint density at radius 3 is 2.54 bits per heavy atom. The van der Waals surface area contributed by atoms with Crippen LogP contribution in [0.1, 0.15) is 44.1 Å². The molecule has 1 unspecified atom stereocenters. The number of rotatable bonds is 8. The highest BCUT2D eigenvalue weighted by Crippen LogP contribution is 2.47. The van der Waals surface area contributed by atoms with Crippen molar-refractivity contribution in [1.82, 2.24) is 9.62 Å². The Bertz CT molecular complexity index is 1210. The van der Waals surface area contributed by atoms with Gasteiger partial charge in [-0.25, -0.2) is 8.42 Å². The van der Waals surface area contributed by atoms with Crippen LogP contribution in [0.15, 0.2) is 66.1 Å². The van der Waals surface area contributed by atoms with Crippen LogP contribution >= 0.6 is 11.6 Å². The predicted molar refractivity (Wildman–Crippen MR) is 137 cm³/mol. The van der Waals surface area contributed by atoms with Gasteiger partial charge in [-0.3, -0.25) is 9.59 Å². The van der Waals surface area contributed by atoms with E-state index in [-0.39, 0.29) is 27.8 Å². The van der Waals surface area contributed by atoms with Crippen LogP contribution in [0.4, 0.5) is 5.69 Å². The molecule has 35 heavy (non-hydrogen) atoms. The van der Waals surface area contributed by atoms with E-state index in [2.05, 4.69) is 17.2 Å². The van der Waals surface area contributed by atoms with E-state index in [1.807, 2.05) is 30.3 Å². The first-order chi connectivity index (χ1) is 16.7. The van der Waals surface area contributed by atoms with Crippen molar-refractivity contribution in [3.8, 4) is 0 Å². The summed E-state index contributed by atoms with van der Waals surface area (Å²) in [5, 5.41) is 5.79. The van der Waals surface area contributed by atoms with Crippen molar-refractivity contribution in [1.29, 1.82) is 0 Å². The molecule has 7 nitrogen and oxygen atoms in total. The molecule has 2 N–H and O–H groups in total. The third kappa shape index (κ3) is 5.60. The molecule has 1 saturated heterocycles. The molecule has 1 spiro atoms. The molecule has 1 aliphatic carbocycles. The summed E-state index contributed by atoms with van der Waals surface area (Å²) in [5.41, 5.74) is 1.01. The molecule has 1 atom stereocenters. The fourth-order valence-electron chi connectivity index (χ4n) is 5.00. The van der Waals surface area contributed by atoms with E-state index in [1.54, 1.807) is 10.4 Å². The molecule has 2 fully saturated rings. The molecule has 2 aromatic rings. The lowest BCUT2D eigenvalue weighted by Crippen LogP contribution is -2.63. The number of carbonyl (C=O) groups is 2. The largest absolute Gasteiger partial charge is 0.350 e. The molecule has 1 aliphatic heterocycles.